The van der Waals surface area contributed by atoms with Crippen molar-refractivity contribution in [2.45, 2.75) is 13.8 Å². The van der Waals surface area contributed by atoms with Crippen LogP contribution >= 0.6 is 11.8 Å². The number of carbonyl (C=O) groups is 2. The molecule has 1 aliphatic rings. The van der Waals surface area contributed by atoms with E-state index in [2.05, 4.69) is 0 Å². The number of benzene rings is 2. The van der Waals surface area contributed by atoms with Crippen molar-refractivity contribution in [1.82, 2.24) is 4.90 Å². The molecule has 1 fully saturated rings. The number of hydrogen-bond donors (Lipinski definition) is 0. The van der Waals surface area contributed by atoms with Gasteiger partial charge < -0.3 is 9.47 Å². The molecule has 130 valence electrons. The third-order valence-corrected chi connectivity index (χ3v) is 4.83. The number of imide groups is 1. The number of thioether (sulfide) groups is 1. The first kappa shape index (κ1) is 17.4. The fourth-order valence-electron chi connectivity index (χ4n) is 2.67. The highest BCUT2D eigenvalue weighted by atomic mass is 32.2. The summed E-state index contributed by atoms with van der Waals surface area (Å²) >= 11 is 0.938. The van der Waals surface area contributed by atoms with E-state index in [1.165, 1.54) is 7.05 Å². The molecule has 0 unspecified atom stereocenters. The smallest absolute Gasteiger partial charge is 0.293 e. The monoisotopic (exact) mass is 357 g/mol. The van der Waals surface area contributed by atoms with Gasteiger partial charge >= 0.3 is 0 Å². The maximum Gasteiger partial charge on any atom is 0.293 e. The van der Waals surface area contributed by atoms with Gasteiger partial charge in [-0.2, -0.15) is 0 Å². The Balaban J connectivity index is 2.19. The number of nitrogens with zero attached hydrogens (tertiary/aromatic N) is 1. The Labute approximate surface area is 150 Å². The van der Waals surface area contributed by atoms with Crippen LogP contribution in [0.1, 0.15) is 19.4 Å². The molecule has 2 aromatic carbocycles. The van der Waals surface area contributed by atoms with Gasteiger partial charge in [0.05, 0.1) is 18.1 Å². The van der Waals surface area contributed by atoms with Gasteiger partial charge in [-0.15, -0.1) is 0 Å². The van der Waals surface area contributed by atoms with Crippen molar-refractivity contribution in [3.8, 4) is 11.5 Å². The number of amides is 2. The quantitative estimate of drug-likeness (QED) is 0.747. The molecule has 6 heteroatoms. The van der Waals surface area contributed by atoms with Crippen molar-refractivity contribution in [3.63, 3.8) is 0 Å². The first-order chi connectivity index (χ1) is 12.0. The molecule has 0 atom stereocenters. The number of rotatable bonds is 5. The zero-order chi connectivity index (χ0) is 18.0. The van der Waals surface area contributed by atoms with Crippen LogP contribution in [0, 0.1) is 0 Å². The SMILES string of the molecule is CCOc1ccc2ccc(OCC)c(/C=C3\SC(=O)N(C)C3=O)c2c1. The lowest BCUT2D eigenvalue weighted by Gasteiger charge is -2.12. The van der Waals surface area contributed by atoms with Crippen LogP contribution in [0.25, 0.3) is 16.8 Å². The highest BCUT2D eigenvalue weighted by Gasteiger charge is 2.32. The lowest BCUT2D eigenvalue weighted by atomic mass is 10.0. The van der Waals surface area contributed by atoms with E-state index in [1.807, 2.05) is 44.2 Å². The van der Waals surface area contributed by atoms with Crippen LogP contribution in [0.5, 0.6) is 11.5 Å². The Hall–Kier alpha value is -2.47. The summed E-state index contributed by atoms with van der Waals surface area (Å²) in [6.45, 7) is 4.91. The summed E-state index contributed by atoms with van der Waals surface area (Å²) in [7, 11) is 1.48. The molecule has 0 spiro atoms. The maximum absolute atomic E-state index is 12.2. The fourth-order valence-corrected chi connectivity index (χ4v) is 3.47. The predicted molar refractivity (Wildman–Crippen MR) is 100 cm³/mol. The highest BCUT2D eigenvalue weighted by molar-refractivity contribution is 8.18. The topological polar surface area (TPSA) is 55.8 Å². The Kier molecular flexibility index (Phi) is 4.99. The van der Waals surface area contributed by atoms with Crippen molar-refractivity contribution in [3.05, 3.63) is 40.8 Å². The average molecular weight is 357 g/mol. The van der Waals surface area contributed by atoms with Crippen LogP contribution in [-0.4, -0.2) is 36.3 Å². The molecule has 1 saturated heterocycles. The molecular formula is C19H19NO4S. The number of ether oxygens (including phenoxy) is 2. The van der Waals surface area contributed by atoms with Crippen molar-refractivity contribution >= 4 is 39.8 Å². The molecule has 0 radical (unpaired) electrons. The molecule has 0 saturated carbocycles. The predicted octanol–water partition coefficient (Wildman–Crippen LogP) is 4.30. The largest absolute Gasteiger partial charge is 0.494 e. The molecule has 5 nitrogen and oxygen atoms in total. The lowest BCUT2D eigenvalue weighted by Crippen LogP contribution is -2.22. The number of hydrogen-bond acceptors (Lipinski definition) is 5. The minimum atomic E-state index is -0.296. The second kappa shape index (κ2) is 7.19. The van der Waals surface area contributed by atoms with Crippen LogP contribution < -0.4 is 9.47 Å². The van der Waals surface area contributed by atoms with E-state index in [4.69, 9.17) is 9.47 Å². The Morgan fingerprint density at radius 2 is 1.80 bits per heavy atom. The summed E-state index contributed by atoms with van der Waals surface area (Å²) in [6, 6.07) is 9.67. The molecule has 1 heterocycles. The lowest BCUT2D eigenvalue weighted by molar-refractivity contribution is -0.121. The molecule has 25 heavy (non-hydrogen) atoms. The zero-order valence-electron chi connectivity index (χ0n) is 14.4. The molecule has 0 bridgehead atoms. The van der Waals surface area contributed by atoms with Gasteiger partial charge in [0.1, 0.15) is 11.5 Å². The van der Waals surface area contributed by atoms with Crippen molar-refractivity contribution in [1.29, 1.82) is 0 Å². The summed E-state index contributed by atoms with van der Waals surface area (Å²) in [4.78, 5) is 25.5. The van der Waals surface area contributed by atoms with E-state index in [9.17, 15) is 9.59 Å². The van der Waals surface area contributed by atoms with Gasteiger partial charge in [0.2, 0.25) is 0 Å². The number of likely N-dealkylation sites (N-methyl/N-ethyl adjacent to an activating group) is 1. The van der Waals surface area contributed by atoms with E-state index in [1.54, 1.807) is 6.08 Å². The summed E-state index contributed by atoms with van der Waals surface area (Å²) in [5.74, 6) is 1.13. The van der Waals surface area contributed by atoms with Crippen LogP contribution in [-0.2, 0) is 4.79 Å². The minimum Gasteiger partial charge on any atom is -0.494 e. The third-order valence-electron chi connectivity index (χ3n) is 3.87. The van der Waals surface area contributed by atoms with Gasteiger partial charge in [-0.1, -0.05) is 12.1 Å². The van der Waals surface area contributed by atoms with E-state index < -0.39 is 0 Å². The van der Waals surface area contributed by atoms with E-state index in [0.717, 1.165) is 38.7 Å². The van der Waals surface area contributed by atoms with Gasteiger partial charge in [-0.05, 0) is 60.7 Å². The normalized spacial score (nSPS) is 16.1. The van der Waals surface area contributed by atoms with Crippen molar-refractivity contribution < 1.29 is 19.1 Å². The minimum absolute atomic E-state index is 0.274. The first-order valence-corrected chi connectivity index (χ1v) is 8.90. The van der Waals surface area contributed by atoms with E-state index in [-0.39, 0.29) is 11.1 Å². The standard InChI is InChI=1S/C19H19NO4S/c1-4-23-13-8-6-12-7-9-16(24-5-2)15(14(12)10-13)11-17-18(21)20(3)19(22)25-17/h6-11H,4-5H2,1-3H3/b17-11-. The molecule has 0 N–H and O–H groups in total. The van der Waals surface area contributed by atoms with Crippen molar-refractivity contribution in [2.24, 2.45) is 0 Å². The molecule has 3 rings (SSSR count). The van der Waals surface area contributed by atoms with Crippen LogP contribution in [0.15, 0.2) is 35.2 Å². The third kappa shape index (κ3) is 3.35. The summed E-state index contributed by atoms with van der Waals surface area (Å²) in [5, 5.41) is 1.65. The van der Waals surface area contributed by atoms with Crippen LogP contribution in [0.4, 0.5) is 4.79 Å². The van der Waals surface area contributed by atoms with E-state index in [0.29, 0.717) is 23.9 Å². The summed E-state index contributed by atoms with van der Waals surface area (Å²) in [5.41, 5.74) is 0.778. The van der Waals surface area contributed by atoms with Crippen molar-refractivity contribution in [2.75, 3.05) is 20.3 Å². The van der Waals surface area contributed by atoms with Gasteiger partial charge in [0.25, 0.3) is 11.1 Å². The molecule has 0 aromatic heterocycles. The molecule has 1 aliphatic heterocycles. The first-order valence-electron chi connectivity index (χ1n) is 8.09. The van der Waals surface area contributed by atoms with Crippen LogP contribution in [0.2, 0.25) is 0 Å². The summed E-state index contributed by atoms with van der Waals surface area (Å²) in [6.07, 6.45) is 1.73. The Bertz CT molecular complexity index is 870. The fraction of sp³-hybridized carbons (Fsp3) is 0.263. The van der Waals surface area contributed by atoms with Crippen LogP contribution in [0.3, 0.4) is 0 Å². The van der Waals surface area contributed by atoms with Gasteiger partial charge in [0.15, 0.2) is 0 Å². The number of fused-ring (bicyclic) bond motifs is 1. The number of carbonyl (C=O) groups excluding carboxylic acids is 2. The molecular weight excluding hydrogens is 338 g/mol. The van der Waals surface area contributed by atoms with Gasteiger partial charge in [0, 0.05) is 12.6 Å². The molecule has 0 aliphatic carbocycles. The molecule has 2 aromatic rings. The van der Waals surface area contributed by atoms with Gasteiger partial charge in [-0.3, -0.25) is 14.5 Å². The average Bonchev–Trinajstić information content (AvgIpc) is 2.84. The second-order valence-electron chi connectivity index (χ2n) is 5.47. The molecule has 2 amide bonds. The Morgan fingerprint density at radius 1 is 1.08 bits per heavy atom. The summed E-state index contributed by atoms with van der Waals surface area (Å²) < 4.78 is 11.3. The highest BCUT2D eigenvalue weighted by Crippen LogP contribution is 2.37. The Morgan fingerprint density at radius 3 is 2.44 bits per heavy atom. The maximum atomic E-state index is 12.2. The zero-order valence-corrected chi connectivity index (χ0v) is 15.2. The van der Waals surface area contributed by atoms with Gasteiger partial charge in [-0.25, -0.2) is 0 Å². The second-order valence-corrected chi connectivity index (χ2v) is 6.46. The van der Waals surface area contributed by atoms with E-state index >= 15 is 0 Å².